The summed E-state index contributed by atoms with van der Waals surface area (Å²) < 4.78 is 3.70. The average Bonchev–Trinajstić information content (AvgIpc) is 3.29. The minimum absolute atomic E-state index is 0.298. The Morgan fingerprint density at radius 1 is 1.15 bits per heavy atom. The highest BCUT2D eigenvalue weighted by molar-refractivity contribution is 8.01. The largest absolute Gasteiger partial charge is 0.382 e. The molecule has 132 valence electrons. The van der Waals surface area contributed by atoms with Crippen molar-refractivity contribution in [3.05, 3.63) is 71.8 Å². The minimum Gasteiger partial charge on any atom is -0.382 e. The zero-order valence-electron chi connectivity index (χ0n) is 13.6. The van der Waals surface area contributed by atoms with Crippen molar-refractivity contribution in [2.75, 3.05) is 5.75 Å². The van der Waals surface area contributed by atoms with E-state index in [9.17, 15) is 5.11 Å². The highest BCUT2D eigenvalue weighted by atomic mass is 35.5. The van der Waals surface area contributed by atoms with Crippen molar-refractivity contribution >= 4 is 44.9 Å². The van der Waals surface area contributed by atoms with Crippen molar-refractivity contribution in [1.82, 2.24) is 19.7 Å². The van der Waals surface area contributed by atoms with E-state index in [2.05, 4.69) is 21.1 Å². The third-order valence-electron chi connectivity index (χ3n) is 3.98. The van der Waals surface area contributed by atoms with Gasteiger partial charge in [-0.25, -0.2) is 14.6 Å². The van der Waals surface area contributed by atoms with Crippen molar-refractivity contribution < 1.29 is 5.11 Å². The maximum atomic E-state index is 11.4. The molecule has 0 aliphatic rings. The van der Waals surface area contributed by atoms with Gasteiger partial charge in [-0.2, -0.15) is 5.10 Å². The lowest BCUT2D eigenvalue weighted by Gasteiger charge is -2.28. The van der Waals surface area contributed by atoms with Crippen LogP contribution in [0.4, 0.5) is 0 Å². The summed E-state index contributed by atoms with van der Waals surface area (Å²) in [4.78, 5) is 8.60. The van der Waals surface area contributed by atoms with Gasteiger partial charge < -0.3 is 5.11 Å². The van der Waals surface area contributed by atoms with Crippen molar-refractivity contribution in [3.63, 3.8) is 0 Å². The first-order chi connectivity index (χ1) is 12.6. The first kappa shape index (κ1) is 17.5. The standard InChI is InChI=1S/C18H15ClN4OS2/c19-14-7-5-13(6-8-14)18(24,9-23-12-20-11-21-23)10-25-17-22-15-3-1-2-4-16(15)26-17/h1-8,11-12,24H,9-10H2. The van der Waals surface area contributed by atoms with Crippen LogP contribution in [0.5, 0.6) is 0 Å². The molecule has 0 aliphatic carbocycles. The number of thiazole rings is 1. The van der Waals surface area contributed by atoms with Gasteiger partial charge in [-0.3, -0.25) is 0 Å². The number of benzene rings is 2. The molecule has 1 unspecified atom stereocenters. The normalized spacial score (nSPS) is 13.8. The van der Waals surface area contributed by atoms with Gasteiger partial charge in [0, 0.05) is 10.8 Å². The molecule has 1 atom stereocenters. The summed E-state index contributed by atoms with van der Waals surface area (Å²) in [6.45, 7) is 0.298. The molecule has 5 nitrogen and oxygen atoms in total. The van der Waals surface area contributed by atoms with Crippen molar-refractivity contribution in [2.45, 2.75) is 16.5 Å². The van der Waals surface area contributed by atoms with Crippen molar-refractivity contribution in [1.29, 1.82) is 0 Å². The number of aromatic nitrogens is 4. The summed E-state index contributed by atoms with van der Waals surface area (Å²) in [5.74, 6) is 0.439. The number of nitrogens with zero attached hydrogens (tertiary/aromatic N) is 4. The number of rotatable bonds is 6. The van der Waals surface area contributed by atoms with Crippen molar-refractivity contribution in [3.8, 4) is 0 Å². The van der Waals surface area contributed by atoms with Gasteiger partial charge in [0.15, 0.2) is 4.34 Å². The average molecular weight is 403 g/mol. The molecule has 0 spiro atoms. The minimum atomic E-state index is -1.12. The predicted molar refractivity (Wildman–Crippen MR) is 106 cm³/mol. The predicted octanol–water partition coefficient (Wildman–Crippen LogP) is 4.22. The molecule has 4 aromatic rings. The van der Waals surface area contributed by atoms with Gasteiger partial charge in [-0.15, -0.1) is 11.3 Å². The Morgan fingerprint density at radius 2 is 1.96 bits per heavy atom. The summed E-state index contributed by atoms with van der Waals surface area (Å²) in [6, 6.07) is 15.3. The monoisotopic (exact) mass is 402 g/mol. The smallest absolute Gasteiger partial charge is 0.151 e. The van der Waals surface area contributed by atoms with E-state index in [4.69, 9.17) is 11.6 Å². The second-order valence-corrected chi connectivity index (χ2v) is 8.56. The van der Waals surface area contributed by atoms with E-state index in [0.29, 0.717) is 17.3 Å². The molecule has 2 aromatic carbocycles. The van der Waals surface area contributed by atoms with Gasteiger partial charge >= 0.3 is 0 Å². The van der Waals surface area contributed by atoms with E-state index in [1.165, 1.54) is 18.1 Å². The van der Waals surface area contributed by atoms with Crippen LogP contribution < -0.4 is 0 Å². The summed E-state index contributed by atoms with van der Waals surface area (Å²) in [6.07, 6.45) is 3.06. The Bertz CT molecular complexity index is 971. The molecule has 2 aromatic heterocycles. The fourth-order valence-electron chi connectivity index (χ4n) is 2.66. The van der Waals surface area contributed by atoms with Crippen LogP contribution in [0.3, 0.4) is 0 Å². The van der Waals surface area contributed by atoms with Crippen LogP contribution in [0.25, 0.3) is 10.2 Å². The quantitative estimate of drug-likeness (QED) is 0.489. The van der Waals surface area contributed by atoms with Gasteiger partial charge in [0.05, 0.1) is 16.8 Å². The zero-order valence-corrected chi connectivity index (χ0v) is 16.0. The van der Waals surface area contributed by atoms with E-state index in [-0.39, 0.29) is 0 Å². The molecule has 1 N–H and O–H groups in total. The Balaban J connectivity index is 1.60. The molecule has 0 amide bonds. The van der Waals surface area contributed by atoms with Crippen LogP contribution >= 0.6 is 34.7 Å². The molecular weight excluding hydrogens is 388 g/mol. The Kier molecular flexibility index (Phi) is 4.95. The van der Waals surface area contributed by atoms with Gasteiger partial charge in [0.1, 0.15) is 18.3 Å². The summed E-state index contributed by atoms with van der Waals surface area (Å²) in [5.41, 5.74) is 0.637. The maximum absolute atomic E-state index is 11.4. The van der Waals surface area contributed by atoms with Gasteiger partial charge in [0.25, 0.3) is 0 Å². The van der Waals surface area contributed by atoms with Crippen molar-refractivity contribution in [2.24, 2.45) is 0 Å². The molecule has 2 heterocycles. The van der Waals surface area contributed by atoms with Gasteiger partial charge in [-0.1, -0.05) is 47.6 Å². The Labute approximate surface area is 163 Å². The topological polar surface area (TPSA) is 63.8 Å². The molecule has 0 aliphatic heterocycles. The van der Waals surface area contributed by atoms with Crippen LogP contribution in [-0.4, -0.2) is 30.6 Å². The van der Waals surface area contributed by atoms with Gasteiger partial charge in [0.2, 0.25) is 0 Å². The highest BCUT2D eigenvalue weighted by Gasteiger charge is 2.31. The molecular formula is C18H15ClN4OS2. The van der Waals surface area contributed by atoms with E-state index >= 15 is 0 Å². The van der Waals surface area contributed by atoms with E-state index in [1.54, 1.807) is 34.5 Å². The molecule has 0 radical (unpaired) electrons. The highest BCUT2D eigenvalue weighted by Crippen LogP contribution is 2.35. The number of hydrogen-bond donors (Lipinski definition) is 1. The Morgan fingerprint density at radius 3 is 2.69 bits per heavy atom. The molecule has 0 saturated carbocycles. The van der Waals surface area contributed by atoms with Gasteiger partial charge in [-0.05, 0) is 29.8 Å². The lowest BCUT2D eigenvalue weighted by atomic mass is 9.96. The molecule has 0 bridgehead atoms. The molecule has 0 saturated heterocycles. The lowest BCUT2D eigenvalue weighted by Crippen LogP contribution is -2.34. The number of fused-ring (bicyclic) bond motifs is 1. The van der Waals surface area contributed by atoms with E-state index in [1.807, 2.05) is 30.3 Å². The van der Waals surface area contributed by atoms with E-state index < -0.39 is 5.60 Å². The summed E-state index contributed by atoms with van der Waals surface area (Å²) >= 11 is 9.17. The maximum Gasteiger partial charge on any atom is 0.151 e. The third-order valence-corrected chi connectivity index (χ3v) is 6.63. The second kappa shape index (κ2) is 7.36. The number of thioether (sulfide) groups is 1. The molecule has 8 heteroatoms. The summed E-state index contributed by atoms with van der Waals surface area (Å²) in [5, 5.41) is 16.2. The summed E-state index contributed by atoms with van der Waals surface area (Å²) in [7, 11) is 0. The number of aliphatic hydroxyl groups is 1. The third kappa shape index (κ3) is 3.76. The lowest BCUT2D eigenvalue weighted by molar-refractivity contribution is 0.0396. The van der Waals surface area contributed by atoms with E-state index in [0.717, 1.165) is 20.1 Å². The van der Waals surface area contributed by atoms with Crippen LogP contribution in [-0.2, 0) is 12.1 Å². The second-order valence-electron chi connectivity index (χ2n) is 5.87. The SMILES string of the molecule is OC(CSc1nc2ccccc2s1)(Cn1cncn1)c1ccc(Cl)cc1. The fourth-order valence-corrected chi connectivity index (χ4v) is 4.94. The fraction of sp³-hybridized carbons (Fsp3) is 0.167. The van der Waals surface area contributed by atoms with Crippen LogP contribution in [0.15, 0.2) is 65.5 Å². The molecule has 4 rings (SSSR count). The first-order valence-electron chi connectivity index (χ1n) is 7.92. The number of para-hydroxylation sites is 1. The number of halogens is 1. The first-order valence-corrected chi connectivity index (χ1v) is 10.1. The molecule has 26 heavy (non-hydrogen) atoms. The molecule has 0 fully saturated rings. The van der Waals surface area contributed by atoms with Crippen LogP contribution in [0.1, 0.15) is 5.56 Å². The van der Waals surface area contributed by atoms with Crippen LogP contribution in [0, 0.1) is 0 Å². The Hall–Kier alpha value is -1.93. The van der Waals surface area contributed by atoms with Crippen LogP contribution in [0.2, 0.25) is 5.02 Å². The zero-order chi connectivity index (χ0) is 18.0. The number of hydrogen-bond acceptors (Lipinski definition) is 6.